The van der Waals surface area contributed by atoms with Crippen LogP contribution in [0.25, 0.3) is 0 Å². The summed E-state index contributed by atoms with van der Waals surface area (Å²) in [6.45, 7) is 4.42. The number of hydrogen-bond acceptors (Lipinski definition) is 7. The zero-order valence-electron chi connectivity index (χ0n) is 11.2. The molecule has 0 saturated carbocycles. The van der Waals surface area contributed by atoms with Crippen LogP contribution in [0.5, 0.6) is 0 Å². The van der Waals surface area contributed by atoms with Crippen molar-refractivity contribution in [1.82, 2.24) is 15.0 Å². The molecular weight excluding hydrogens is 278 g/mol. The largest absolute Gasteiger partial charge is 0.461 e. The summed E-state index contributed by atoms with van der Waals surface area (Å²) in [6.07, 6.45) is 2.56. The number of esters is 1. The fraction of sp³-hybridized carbons (Fsp3) is 0.462. The van der Waals surface area contributed by atoms with Gasteiger partial charge in [0, 0.05) is 36.7 Å². The maximum atomic E-state index is 11.8. The third kappa shape index (κ3) is 2.59. The van der Waals surface area contributed by atoms with Gasteiger partial charge < -0.3 is 9.26 Å². The van der Waals surface area contributed by atoms with Gasteiger partial charge in [0.1, 0.15) is 10.8 Å². The van der Waals surface area contributed by atoms with Crippen molar-refractivity contribution in [3.05, 3.63) is 33.6 Å². The molecule has 0 N–H and O–H groups in total. The predicted octanol–water partition coefficient (Wildman–Crippen LogP) is 1.87. The van der Waals surface area contributed by atoms with E-state index in [0.29, 0.717) is 18.8 Å². The molecule has 0 atom stereocenters. The smallest absolute Gasteiger partial charge is 0.360 e. The molecule has 3 rings (SSSR count). The highest BCUT2D eigenvalue weighted by molar-refractivity contribution is 7.09. The van der Waals surface area contributed by atoms with Gasteiger partial charge in [-0.05, 0) is 6.92 Å². The van der Waals surface area contributed by atoms with E-state index in [2.05, 4.69) is 15.0 Å². The third-order valence-corrected chi connectivity index (χ3v) is 3.98. The van der Waals surface area contributed by atoms with E-state index in [1.807, 2.05) is 5.38 Å². The van der Waals surface area contributed by atoms with Crippen LogP contribution in [0.1, 0.15) is 33.7 Å². The lowest BCUT2D eigenvalue weighted by molar-refractivity contribution is 0.0512. The summed E-state index contributed by atoms with van der Waals surface area (Å²) in [5, 5.41) is 6.90. The Hall–Kier alpha value is -1.73. The molecule has 20 heavy (non-hydrogen) atoms. The van der Waals surface area contributed by atoms with Crippen LogP contribution >= 0.6 is 11.3 Å². The fourth-order valence-corrected chi connectivity index (χ4v) is 2.94. The highest BCUT2D eigenvalue weighted by Gasteiger charge is 2.28. The van der Waals surface area contributed by atoms with Crippen molar-refractivity contribution in [3.8, 4) is 0 Å². The topological polar surface area (TPSA) is 68.5 Å². The van der Waals surface area contributed by atoms with E-state index in [9.17, 15) is 4.79 Å². The van der Waals surface area contributed by atoms with Crippen LogP contribution in [-0.2, 0) is 24.2 Å². The standard InChI is InChI=1S/C13H15N3O3S/c1-2-18-13(17)12-9-7-16(5-3-10(9)19-15-12)8-11-14-4-6-20-11/h4,6H,2-3,5,7-8H2,1H3. The van der Waals surface area contributed by atoms with E-state index in [0.717, 1.165) is 35.8 Å². The molecule has 7 heteroatoms. The maximum Gasteiger partial charge on any atom is 0.360 e. The molecule has 106 valence electrons. The van der Waals surface area contributed by atoms with Gasteiger partial charge in [-0.15, -0.1) is 11.3 Å². The first-order valence-electron chi connectivity index (χ1n) is 6.53. The van der Waals surface area contributed by atoms with Crippen LogP contribution in [0.4, 0.5) is 0 Å². The van der Waals surface area contributed by atoms with Gasteiger partial charge in [0.2, 0.25) is 0 Å². The molecule has 0 fully saturated rings. The molecule has 1 aliphatic rings. The molecule has 0 aromatic carbocycles. The molecule has 0 radical (unpaired) electrons. The van der Waals surface area contributed by atoms with E-state index in [1.165, 1.54) is 0 Å². The minimum absolute atomic E-state index is 0.311. The Morgan fingerprint density at radius 3 is 3.25 bits per heavy atom. The average molecular weight is 293 g/mol. The SMILES string of the molecule is CCOC(=O)c1noc2c1CN(Cc1nccs1)CC2. The molecule has 0 amide bonds. The molecule has 0 bridgehead atoms. The zero-order chi connectivity index (χ0) is 13.9. The van der Waals surface area contributed by atoms with Crippen LogP contribution < -0.4 is 0 Å². The number of hydrogen-bond donors (Lipinski definition) is 0. The number of rotatable bonds is 4. The molecular formula is C13H15N3O3S. The lowest BCUT2D eigenvalue weighted by Crippen LogP contribution is -2.30. The van der Waals surface area contributed by atoms with Gasteiger partial charge in [-0.2, -0.15) is 0 Å². The van der Waals surface area contributed by atoms with Crippen molar-refractivity contribution in [1.29, 1.82) is 0 Å². The number of carbonyl (C=O) groups is 1. The summed E-state index contributed by atoms with van der Waals surface area (Å²) in [4.78, 5) is 18.4. The lowest BCUT2D eigenvalue weighted by Gasteiger charge is -2.24. The van der Waals surface area contributed by atoms with Crippen molar-refractivity contribution in [2.75, 3.05) is 13.2 Å². The molecule has 2 aromatic heterocycles. The van der Waals surface area contributed by atoms with E-state index < -0.39 is 5.97 Å². The Balaban J connectivity index is 1.75. The van der Waals surface area contributed by atoms with Crippen molar-refractivity contribution >= 4 is 17.3 Å². The van der Waals surface area contributed by atoms with Gasteiger partial charge in [-0.1, -0.05) is 5.16 Å². The summed E-state index contributed by atoms with van der Waals surface area (Å²) in [5.41, 5.74) is 1.16. The van der Waals surface area contributed by atoms with E-state index in [1.54, 1.807) is 24.5 Å². The predicted molar refractivity (Wildman–Crippen MR) is 72.4 cm³/mol. The molecule has 0 unspecified atom stereocenters. The number of carbonyl (C=O) groups excluding carboxylic acids is 1. The fourth-order valence-electron chi connectivity index (χ4n) is 2.28. The van der Waals surface area contributed by atoms with E-state index in [4.69, 9.17) is 9.26 Å². The number of ether oxygens (including phenoxy) is 1. The summed E-state index contributed by atoms with van der Waals surface area (Å²) >= 11 is 1.64. The first-order chi connectivity index (χ1) is 9.78. The lowest BCUT2D eigenvalue weighted by atomic mass is 10.1. The Morgan fingerprint density at radius 1 is 1.60 bits per heavy atom. The van der Waals surface area contributed by atoms with Crippen molar-refractivity contribution < 1.29 is 14.1 Å². The molecule has 6 nitrogen and oxygen atoms in total. The minimum atomic E-state index is -0.409. The van der Waals surface area contributed by atoms with Crippen molar-refractivity contribution in [2.24, 2.45) is 0 Å². The number of nitrogens with zero attached hydrogens (tertiary/aromatic N) is 3. The van der Waals surface area contributed by atoms with Gasteiger partial charge in [0.25, 0.3) is 0 Å². The maximum absolute atomic E-state index is 11.8. The summed E-state index contributed by atoms with van der Waals surface area (Å²) in [7, 11) is 0. The number of fused-ring (bicyclic) bond motifs is 1. The van der Waals surface area contributed by atoms with Crippen LogP contribution in [0, 0.1) is 0 Å². The second kappa shape index (κ2) is 5.72. The molecule has 2 aromatic rings. The zero-order valence-corrected chi connectivity index (χ0v) is 12.0. The first-order valence-corrected chi connectivity index (χ1v) is 7.41. The summed E-state index contributed by atoms with van der Waals surface area (Å²) in [5.74, 6) is 0.386. The Kier molecular flexibility index (Phi) is 3.79. The molecule has 0 aliphatic carbocycles. The molecule has 1 aliphatic heterocycles. The van der Waals surface area contributed by atoms with Crippen molar-refractivity contribution in [2.45, 2.75) is 26.4 Å². The second-order valence-electron chi connectivity index (χ2n) is 4.54. The third-order valence-electron chi connectivity index (χ3n) is 3.22. The highest BCUT2D eigenvalue weighted by Crippen LogP contribution is 2.24. The van der Waals surface area contributed by atoms with Crippen molar-refractivity contribution in [3.63, 3.8) is 0 Å². The Morgan fingerprint density at radius 2 is 2.50 bits per heavy atom. The first kappa shape index (κ1) is 13.3. The Bertz CT molecular complexity index is 594. The van der Waals surface area contributed by atoms with Gasteiger partial charge in [-0.3, -0.25) is 4.90 Å². The van der Waals surface area contributed by atoms with E-state index in [-0.39, 0.29) is 0 Å². The molecule has 3 heterocycles. The van der Waals surface area contributed by atoms with Crippen LogP contribution in [-0.4, -0.2) is 34.2 Å². The van der Waals surface area contributed by atoms with Crippen LogP contribution in [0.15, 0.2) is 16.1 Å². The van der Waals surface area contributed by atoms with Gasteiger partial charge in [0.15, 0.2) is 5.69 Å². The monoisotopic (exact) mass is 293 g/mol. The van der Waals surface area contributed by atoms with Gasteiger partial charge in [-0.25, -0.2) is 9.78 Å². The van der Waals surface area contributed by atoms with Crippen LogP contribution in [0.2, 0.25) is 0 Å². The Labute approximate surface area is 120 Å². The second-order valence-corrected chi connectivity index (χ2v) is 5.52. The highest BCUT2D eigenvalue weighted by atomic mass is 32.1. The van der Waals surface area contributed by atoms with Gasteiger partial charge >= 0.3 is 5.97 Å². The average Bonchev–Trinajstić information content (AvgIpc) is 3.07. The number of aromatic nitrogens is 2. The van der Waals surface area contributed by atoms with E-state index >= 15 is 0 Å². The summed E-state index contributed by atoms with van der Waals surface area (Å²) in [6, 6.07) is 0. The normalized spacial score (nSPS) is 15.1. The quantitative estimate of drug-likeness (QED) is 0.802. The number of thiazole rings is 1. The summed E-state index contributed by atoms with van der Waals surface area (Å²) < 4.78 is 10.3. The minimum Gasteiger partial charge on any atom is -0.461 e. The molecule has 0 saturated heterocycles. The van der Waals surface area contributed by atoms with Gasteiger partial charge in [0.05, 0.1) is 13.2 Å². The van der Waals surface area contributed by atoms with Crippen LogP contribution in [0.3, 0.4) is 0 Å². The molecule has 0 spiro atoms.